The summed E-state index contributed by atoms with van der Waals surface area (Å²) in [6.45, 7) is 7.46. The zero-order valence-electron chi connectivity index (χ0n) is 10.2. The Balaban J connectivity index is 2.48. The van der Waals surface area contributed by atoms with Gasteiger partial charge in [-0.2, -0.15) is 0 Å². The van der Waals surface area contributed by atoms with Gasteiger partial charge in [0.05, 0.1) is 6.61 Å². The average Bonchev–Trinajstić information content (AvgIpc) is 2.26. The van der Waals surface area contributed by atoms with E-state index in [1.54, 1.807) is 12.1 Å². The minimum absolute atomic E-state index is 0.131. The molecule has 0 amide bonds. The summed E-state index contributed by atoms with van der Waals surface area (Å²) in [6.07, 6.45) is 0. The number of hydrogen-bond donors (Lipinski definition) is 1. The van der Waals surface area contributed by atoms with Gasteiger partial charge in [-0.15, -0.1) is 0 Å². The van der Waals surface area contributed by atoms with Gasteiger partial charge in [-0.1, -0.05) is 12.1 Å². The second kappa shape index (κ2) is 6.61. The van der Waals surface area contributed by atoms with Crippen LogP contribution in [-0.4, -0.2) is 19.3 Å². The molecule has 3 heteroatoms. The van der Waals surface area contributed by atoms with Crippen LogP contribution in [0, 0.1) is 5.82 Å². The quantitative estimate of drug-likeness (QED) is 0.803. The van der Waals surface area contributed by atoms with Crippen LogP contribution >= 0.6 is 0 Å². The third-order valence-corrected chi connectivity index (χ3v) is 2.46. The van der Waals surface area contributed by atoms with E-state index in [0.717, 1.165) is 12.2 Å². The Morgan fingerprint density at radius 1 is 1.38 bits per heavy atom. The molecule has 1 unspecified atom stereocenters. The molecule has 0 spiro atoms. The van der Waals surface area contributed by atoms with Gasteiger partial charge in [-0.25, -0.2) is 4.39 Å². The van der Waals surface area contributed by atoms with E-state index in [4.69, 9.17) is 4.74 Å². The zero-order valence-corrected chi connectivity index (χ0v) is 10.2. The van der Waals surface area contributed by atoms with E-state index in [-0.39, 0.29) is 17.9 Å². The molecule has 1 aromatic rings. The van der Waals surface area contributed by atoms with Crippen LogP contribution in [0.4, 0.5) is 4.39 Å². The van der Waals surface area contributed by atoms with Crippen molar-refractivity contribution in [3.63, 3.8) is 0 Å². The third kappa shape index (κ3) is 4.29. The summed E-state index contributed by atoms with van der Waals surface area (Å²) in [4.78, 5) is 0. The highest BCUT2D eigenvalue weighted by Crippen LogP contribution is 2.13. The van der Waals surface area contributed by atoms with Crippen molar-refractivity contribution in [2.24, 2.45) is 0 Å². The van der Waals surface area contributed by atoms with Crippen LogP contribution in [0.15, 0.2) is 24.3 Å². The number of hydrogen-bond acceptors (Lipinski definition) is 2. The van der Waals surface area contributed by atoms with E-state index >= 15 is 0 Å². The van der Waals surface area contributed by atoms with Crippen molar-refractivity contribution in [2.45, 2.75) is 32.9 Å². The molecule has 0 fully saturated rings. The van der Waals surface area contributed by atoms with E-state index in [9.17, 15) is 4.39 Å². The maximum Gasteiger partial charge on any atom is 0.123 e. The second-order valence-electron chi connectivity index (χ2n) is 4.00. The fourth-order valence-electron chi connectivity index (χ4n) is 1.64. The Labute approximate surface area is 96.8 Å². The maximum absolute atomic E-state index is 13.0. The van der Waals surface area contributed by atoms with Gasteiger partial charge in [0, 0.05) is 18.7 Å². The van der Waals surface area contributed by atoms with Gasteiger partial charge in [0.25, 0.3) is 0 Å². The largest absolute Gasteiger partial charge is 0.380 e. The molecule has 0 saturated carbocycles. The summed E-state index contributed by atoms with van der Waals surface area (Å²) in [5.74, 6) is -0.191. The van der Waals surface area contributed by atoms with Crippen LogP contribution in [-0.2, 0) is 4.74 Å². The van der Waals surface area contributed by atoms with Gasteiger partial charge in [0.1, 0.15) is 5.82 Å². The molecular formula is C13H20FNO. The van der Waals surface area contributed by atoms with E-state index in [1.165, 1.54) is 6.07 Å². The van der Waals surface area contributed by atoms with Crippen LogP contribution in [0.1, 0.15) is 32.4 Å². The first-order valence-corrected chi connectivity index (χ1v) is 5.72. The van der Waals surface area contributed by atoms with Gasteiger partial charge in [0.2, 0.25) is 0 Å². The Morgan fingerprint density at radius 2 is 2.12 bits per heavy atom. The summed E-state index contributed by atoms with van der Waals surface area (Å²) < 4.78 is 18.3. The van der Waals surface area contributed by atoms with Gasteiger partial charge < -0.3 is 10.1 Å². The Morgan fingerprint density at radius 3 is 2.75 bits per heavy atom. The molecule has 90 valence electrons. The van der Waals surface area contributed by atoms with E-state index in [2.05, 4.69) is 12.2 Å². The number of rotatable bonds is 6. The molecule has 0 saturated heterocycles. The van der Waals surface area contributed by atoms with Gasteiger partial charge in [0.15, 0.2) is 0 Å². The molecule has 1 N–H and O–H groups in total. The molecule has 1 rings (SSSR count). The minimum atomic E-state index is -0.191. The van der Waals surface area contributed by atoms with Crippen LogP contribution in [0.5, 0.6) is 0 Å². The predicted molar refractivity (Wildman–Crippen MR) is 63.9 cm³/mol. The maximum atomic E-state index is 13.0. The summed E-state index contributed by atoms with van der Waals surface area (Å²) in [7, 11) is 0. The van der Waals surface area contributed by atoms with Crippen LogP contribution in [0.25, 0.3) is 0 Å². The summed E-state index contributed by atoms with van der Waals surface area (Å²) in [5.41, 5.74) is 0.961. The monoisotopic (exact) mass is 225 g/mol. The summed E-state index contributed by atoms with van der Waals surface area (Å²) in [6, 6.07) is 7.07. The van der Waals surface area contributed by atoms with Crippen molar-refractivity contribution < 1.29 is 9.13 Å². The molecule has 0 aliphatic heterocycles. The molecular weight excluding hydrogens is 205 g/mol. The molecule has 0 bridgehead atoms. The highest BCUT2D eigenvalue weighted by molar-refractivity contribution is 5.19. The first kappa shape index (κ1) is 13.1. The molecule has 0 aromatic heterocycles. The average molecular weight is 225 g/mol. The topological polar surface area (TPSA) is 21.3 Å². The van der Waals surface area contributed by atoms with Crippen LogP contribution in [0.2, 0.25) is 0 Å². The number of halogens is 1. The lowest BCUT2D eigenvalue weighted by Gasteiger charge is -2.20. The van der Waals surface area contributed by atoms with Gasteiger partial charge in [-0.05, 0) is 38.5 Å². The molecule has 0 heterocycles. The van der Waals surface area contributed by atoms with Crippen molar-refractivity contribution in [2.75, 3.05) is 13.2 Å². The lowest BCUT2D eigenvalue weighted by Crippen LogP contribution is -2.32. The molecule has 1 aromatic carbocycles. The van der Waals surface area contributed by atoms with Gasteiger partial charge in [-0.3, -0.25) is 0 Å². The normalized spacial score (nSPS) is 14.8. The van der Waals surface area contributed by atoms with Crippen LogP contribution < -0.4 is 5.32 Å². The number of benzene rings is 1. The lowest BCUT2D eigenvalue weighted by atomic mass is 10.1. The fraction of sp³-hybridized carbons (Fsp3) is 0.538. The first-order chi connectivity index (χ1) is 7.63. The molecule has 0 aliphatic carbocycles. The Kier molecular flexibility index (Phi) is 5.43. The van der Waals surface area contributed by atoms with E-state index < -0.39 is 0 Å². The minimum Gasteiger partial charge on any atom is -0.380 e. The molecule has 0 radical (unpaired) electrons. The molecule has 2 atom stereocenters. The van der Waals surface area contributed by atoms with Crippen molar-refractivity contribution in [3.8, 4) is 0 Å². The second-order valence-corrected chi connectivity index (χ2v) is 4.00. The SMILES string of the molecule is CCOCC(C)N[C@H](C)c1cccc(F)c1. The van der Waals surface area contributed by atoms with Crippen LogP contribution in [0.3, 0.4) is 0 Å². The number of ether oxygens (including phenoxy) is 1. The van der Waals surface area contributed by atoms with Crippen molar-refractivity contribution in [1.29, 1.82) is 0 Å². The van der Waals surface area contributed by atoms with E-state index in [0.29, 0.717) is 6.61 Å². The summed E-state index contributed by atoms with van der Waals surface area (Å²) in [5, 5.41) is 3.37. The van der Waals surface area contributed by atoms with Gasteiger partial charge >= 0.3 is 0 Å². The number of nitrogens with one attached hydrogen (secondary N) is 1. The molecule has 16 heavy (non-hydrogen) atoms. The highest BCUT2D eigenvalue weighted by atomic mass is 19.1. The lowest BCUT2D eigenvalue weighted by molar-refractivity contribution is 0.124. The highest BCUT2D eigenvalue weighted by Gasteiger charge is 2.09. The summed E-state index contributed by atoms with van der Waals surface area (Å²) >= 11 is 0. The fourth-order valence-corrected chi connectivity index (χ4v) is 1.64. The van der Waals surface area contributed by atoms with Crippen molar-refractivity contribution in [1.82, 2.24) is 5.32 Å². The first-order valence-electron chi connectivity index (χ1n) is 5.72. The van der Waals surface area contributed by atoms with Crippen molar-refractivity contribution >= 4 is 0 Å². The molecule has 0 aliphatic rings. The predicted octanol–water partition coefficient (Wildman–Crippen LogP) is 2.90. The Hall–Kier alpha value is -0.930. The molecule has 2 nitrogen and oxygen atoms in total. The van der Waals surface area contributed by atoms with E-state index in [1.807, 2.05) is 19.9 Å². The Bertz CT molecular complexity index is 317. The van der Waals surface area contributed by atoms with Crippen molar-refractivity contribution in [3.05, 3.63) is 35.6 Å². The standard InChI is InChI=1S/C13H20FNO/c1-4-16-9-10(2)15-11(3)12-6-5-7-13(14)8-12/h5-8,10-11,15H,4,9H2,1-3H3/t10?,11-/m1/s1. The third-order valence-electron chi connectivity index (χ3n) is 2.46. The smallest absolute Gasteiger partial charge is 0.123 e. The zero-order chi connectivity index (χ0) is 12.0.